The molecule has 0 unspecified atom stereocenters. The van der Waals surface area contributed by atoms with Gasteiger partial charge in [0.15, 0.2) is 0 Å². The summed E-state index contributed by atoms with van der Waals surface area (Å²) in [6.07, 6.45) is 0. The highest BCUT2D eigenvalue weighted by Crippen LogP contribution is 2.15. The number of hydrogen-bond donors (Lipinski definition) is 1. The molecule has 3 nitrogen and oxygen atoms in total. The fourth-order valence-electron chi connectivity index (χ4n) is 2.17. The number of carbonyl (C=O) groups excluding carboxylic acids is 2. The van der Waals surface area contributed by atoms with Crippen molar-refractivity contribution < 1.29 is 9.59 Å². The first-order chi connectivity index (χ1) is 10.2. The highest BCUT2D eigenvalue weighted by molar-refractivity contribution is 6.11. The molecule has 102 valence electrons. The zero-order valence-corrected chi connectivity index (χ0v) is 11.2. The van der Waals surface area contributed by atoms with Gasteiger partial charge in [-0.2, -0.15) is 0 Å². The maximum Gasteiger partial charge on any atom is 0.258 e. The van der Waals surface area contributed by atoms with Crippen molar-refractivity contribution in [3.05, 3.63) is 83.9 Å². The Morgan fingerprint density at radius 1 is 0.619 bits per heavy atom. The van der Waals surface area contributed by atoms with Gasteiger partial charge in [0, 0.05) is 11.1 Å². The summed E-state index contributed by atoms with van der Waals surface area (Å²) in [6.45, 7) is 0. The van der Waals surface area contributed by atoms with Gasteiger partial charge in [-0.05, 0) is 35.0 Å². The third kappa shape index (κ3) is 2.82. The molecule has 1 N–H and O–H groups in total. The molecule has 0 saturated carbocycles. The van der Waals surface area contributed by atoms with Crippen LogP contribution in [0.15, 0.2) is 72.8 Å². The van der Waals surface area contributed by atoms with Crippen LogP contribution in [0.3, 0.4) is 0 Å². The van der Waals surface area contributed by atoms with E-state index in [4.69, 9.17) is 0 Å². The molecule has 3 aromatic carbocycles. The average Bonchev–Trinajstić information content (AvgIpc) is 2.55. The molecule has 0 radical (unpaired) electrons. The lowest BCUT2D eigenvalue weighted by molar-refractivity contribution is 0.0849. The number of rotatable bonds is 2. The van der Waals surface area contributed by atoms with Gasteiger partial charge in [0.1, 0.15) is 0 Å². The van der Waals surface area contributed by atoms with Gasteiger partial charge in [0.2, 0.25) is 0 Å². The molecule has 0 spiro atoms. The molecular formula is C18H13NO2. The monoisotopic (exact) mass is 275 g/mol. The Morgan fingerprint density at radius 2 is 1.24 bits per heavy atom. The predicted octanol–water partition coefficient (Wildman–Crippen LogP) is 3.41. The van der Waals surface area contributed by atoms with Crippen LogP contribution >= 0.6 is 0 Å². The first-order valence-electron chi connectivity index (χ1n) is 6.63. The van der Waals surface area contributed by atoms with Gasteiger partial charge in [-0.15, -0.1) is 0 Å². The van der Waals surface area contributed by atoms with E-state index in [-0.39, 0.29) is 0 Å². The summed E-state index contributed by atoms with van der Waals surface area (Å²) in [4.78, 5) is 24.1. The Morgan fingerprint density at radius 3 is 2.00 bits per heavy atom. The van der Waals surface area contributed by atoms with E-state index in [1.165, 1.54) is 0 Å². The van der Waals surface area contributed by atoms with Gasteiger partial charge in [-0.1, -0.05) is 48.5 Å². The normalized spacial score (nSPS) is 10.3. The Balaban J connectivity index is 1.82. The molecule has 0 bridgehead atoms. The molecule has 0 fully saturated rings. The maximum absolute atomic E-state index is 12.1. The predicted molar refractivity (Wildman–Crippen MR) is 82.2 cm³/mol. The number of hydrogen-bond acceptors (Lipinski definition) is 2. The Bertz CT molecular complexity index is 810. The Hall–Kier alpha value is -2.94. The second-order valence-corrected chi connectivity index (χ2v) is 4.71. The second kappa shape index (κ2) is 5.59. The van der Waals surface area contributed by atoms with Crippen molar-refractivity contribution in [2.45, 2.75) is 0 Å². The van der Waals surface area contributed by atoms with Gasteiger partial charge in [-0.25, -0.2) is 0 Å². The van der Waals surface area contributed by atoms with E-state index < -0.39 is 11.8 Å². The summed E-state index contributed by atoms with van der Waals surface area (Å²) in [7, 11) is 0. The number of nitrogens with one attached hydrogen (secondary N) is 1. The van der Waals surface area contributed by atoms with Crippen molar-refractivity contribution in [3.8, 4) is 0 Å². The third-order valence-corrected chi connectivity index (χ3v) is 3.27. The largest absolute Gasteiger partial charge is 0.288 e. The van der Waals surface area contributed by atoms with E-state index in [1.54, 1.807) is 36.4 Å². The highest BCUT2D eigenvalue weighted by Gasteiger charge is 2.12. The zero-order chi connectivity index (χ0) is 14.7. The van der Waals surface area contributed by atoms with Gasteiger partial charge >= 0.3 is 0 Å². The van der Waals surface area contributed by atoms with Crippen LogP contribution in [0, 0.1) is 0 Å². The number of amides is 2. The first kappa shape index (κ1) is 13.1. The van der Waals surface area contributed by atoms with E-state index >= 15 is 0 Å². The SMILES string of the molecule is O=C(NC(=O)c1ccc2ccccc2c1)c1ccccc1. The lowest BCUT2D eigenvalue weighted by atomic mass is 10.1. The number of imide groups is 1. The topological polar surface area (TPSA) is 46.2 Å². The molecule has 0 aliphatic rings. The smallest absolute Gasteiger partial charge is 0.258 e. The van der Waals surface area contributed by atoms with Crippen LogP contribution in [0.1, 0.15) is 20.7 Å². The van der Waals surface area contributed by atoms with Crippen molar-refractivity contribution >= 4 is 22.6 Å². The van der Waals surface area contributed by atoms with Crippen LogP contribution in [0.2, 0.25) is 0 Å². The molecule has 0 aliphatic carbocycles. The molecule has 0 saturated heterocycles. The molecular weight excluding hydrogens is 262 g/mol. The quantitative estimate of drug-likeness (QED) is 0.728. The molecule has 2 amide bonds. The minimum Gasteiger partial charge on any atom is -0.288 e. The lowest BCUT2D eigenvalue weighted by Gasteiger charge is -2.05. The fourth-order valence-corrected chi connectivity index (χ4v) is 2.17. The molecule has 3 aromatic rings. The van der Waals surface area contributed by atoms with Crippen LogP contribution in [0.5, 0.6) is 0 Å². The van der Waals surface area contributed by atoms with Gasteiger partial charge in [0.05, 0.1) is 0 Å². The van der Waals surface area contributed by atoms with Crippen LogP contribution in [0.25, 0.3) is 10.8 Å². The molecule has 3 rings (SSSR count). The Kier molecular flexibility index (Phi) is 3.48. The van der Waals surface area contributed by atoms with Crippen molar-refractivity contribution in [2.24, 2.45) is 0 Å². The van der Waals surface area contributed by atoms with E-state index in [2.05, 4.69) is 5.32 Å². The summed E-state index contributed by atoms with van der Waals surface area (Å²) >= 11 is 0. The molecule has 3 heteroatoms. The molecule has 0 aliphatic heterocycles. The zero-order valence-electron chi connectivity index (χ0n) is 11.2. The Labute approximate surface area is 122 Å². The van der Waals surface area contributed by atoms with Crippen LogP contribution in [-0.4, -0.2) is 11.8 Å². The summed E-state index contributed by atoms with van der Waals surface area (Å²) in [5.74, 6) is -0.789. The average molecular weight is 275 g/mol. The number of fused-ring (bicyclic) bond motifs is 1. The van der Waals surface area contributed by atoms with Gasteiger partial charge in [0.25, 0.3) is 11.8 Å². The van der Waals surface area contributed by atoms with Crippen LogP contribution in [0.4, 0.5) is 0 Å². The number of benzene rings is 3. The molecule has 0 aromatic heterocycles. The summed E-state index contributed by atoms with van der Waals surface area (Å²) in [5.41, 5.74) is 0.935. The van der Waals surface area contributed by atoms with Crippen molar-refractivity contribution in [3.63, 3.8) is 0 Å². The van der Waals surface area contributed by atoms with Gasteiger partial charge in [-0.3, -0.25) is 14.9 Å². The lowest BCUT2D eigenvalue weighted by Crippen LogP contribution is -2.30. The minimum atomic E-state index is -0.395. The molecule has 0 heterocycles. The number of carbonyl (C=O) groups is 2. The van der Waals surface area contributed by atoms with Crippen molar-refractivity contribution in [2.75, 3.05) is 0 Å². The van der Waals surface area contributed by atoms with Crippen LogP contribution < -0.4 is 5.32 Å². The van der Waals surface area contributed by atoms with E-state index in [1.807, 2.05) is 36.4 Å². The van der Waals surface area contributed by atoms with Crippen LogP contribution in [-0.2, 0) is 0 Å². The first-order valence-corrected chi connectivity index (χ1v) is 6.63. The maximum atomic E-state index is 12.1. The van der Waals surface area contributed by atoms with E-state index in [0.717, 1.165) is 10.8 Å². The van der Waals surface area contributed by atoms with Crippen molar-refractivity contribution in [1.29, 1.82) is 0 Å². The summed E-state index contributed by atoms with van der Waals surface area (Å²) in [6, 6.07) is 21.8. The summed E-state index contributed by atoms with van der Waals surface area (Å²) in [5, 5.41) is 4.43. The minimum absolute atomic E-state index is 0.394. The third-order valence-electron chi connectivity index (χ3n) is 3.27. The second-order valence-electron chi connectivity index (χ2n) is 4.71. The van der Waals surface area contributed by atoms with E-state index in [9.17, 15) is 9.59 Å². The molecule has 0 atom stereocenters. The molecule has 21 heavy (non-hydrogen) atoms. The standard InChI is InChI=1S/C18H13NO2/c20-17(14-7-2-1-3-8-14)19-18(21)16-11-10-13-6-4-5-9-15(13)12-16/h1-12H,(H,19,20,21). The van der Waals surface area contributed by atoms with Crippen molar-refractivity contribution in [1.82, 2.24) is 5.32 Å². The highest BCUT2D eigenvalue weighted by atomic mass is 16.2. The van der Waals surface area contributed by atoms with E-state index in [0.29, 0.717) is 11.1 Å². The summed E-state index contributed by atoms with van der Waals surface area (Å²) < 4.78 is 0. The fraction of sp³-hybridized carbons (Fsp3) is 0. The van der Waals surface area contributed by atoms with Gasteiger partial charge < -0.3 is 0 Å².